The molecule has 2 rings (SSSR count). The van der Waals surface area contributed by atoms with E-state index in [4.69, 9.17) is 5.73 Å². The lowest BCUT2D eigenvalue weighted by Crippen LogP contribution is -2.46. The molecule has 1 aliphatic heterocycles. The van der Waals surface area contributed by atoms with Gasteiger partial charge in [0.1, 0.15) is 0 Å². The second kappa shape index (κ2) is 4.66. The van der Waals surface area contributed by atoms with Gasteiger partial charge in [-0.05, 0) is 12.1 Å². The summed E-state index contributed by atoms with van der Waals surface area (Å²) in [6, 6.07) is 4.59. The van der Waals surface area contributed by atoms with E-state index in [9.17, 15) is 0 Å². The van der Waals surface area contributed by atoms with Crippen molar-refractivity contribution in [3.05, 3.63) is 24.5 Å². The number of thioether (sulfide) groups is 1. The lowest BCUT2D eigenvalue weighted by molar-refractivity contribution is 0.654. The van der Waals surface area contributed by atoms with Crippen molar-refractivity contribution in [2.45, 2.75) is 6.04 Å². The third-order valence-corrected chi connectivity index (χ3v) is 3.59. The Morgan fingerprint density at radius 2 is 2.29 bits per heavy atom. The fourth-order valence-electron chi connectivity index (χ4n) is 1.73. The Balaban J connectivity index is 2.15. The van der Waals surface area contributed by atoms with Gasteiger partial charge < -0.3 is 10.6 Å². The van der Waals surface area contributed by atoms with E-state index in [0.29, 0.717) is 6.04 Å². The van der Waals surface area contributed by atoms with Crippen LogP contribution in [0.15, 0.2) is 24.5 Å². The lowest BCUT2D eigenvalue weighted by Gasteiger charge is -2.36. The van der Waals surface area contributed by atoms with E-state index in [1.165, 1.54) is 11.4 Å². The van der Waals surface area contributed by atoms with Crippen LogP contribution < -0.4 is 10.6 Å². The van der Waals surface area contributed by atoms with Gasteiger partial charge in [0.2, 0.25) is 0 Å². The monoisotopic (exact) mass is 209 g/mol. The number of nitrogens with two attached hydrogens (primary N) is 1. The molecule has 2 N–H and O–H groups in total. The average Bonchev–Trinajstić information content (AvgIpc) is 2.30. The summed E-state index contributed by atoms with van der Waals surface area (Å²) >= 11 is 1.99. The van der Waals surface area contributed by atoms with Crippen LogP contribution in [0.2, 0.25) is 0 Å². The summed E-state index contributed by atoms with van der Waals surface area (Å²) in [5.74, 6) is 2.33. The summed E-state index contributed by atoms with van der Waals surface area (Å²) in [5.41, 5.74) is 7.01. The molecule has 0 spiro atoms. The third-order valence-electron chi connectivity index (χ3n) is 2.49. The Morgan fingerprint density at radius 3 is 3.00 bits per heavy atom. The zero-order chi connectivity index (χ0) is 9.80. The Bertz CT molecular complexity index is 278. The van der Waals surface area contributed by atoms with Crippen LogP contribution >= 0.6 is 11.8 Å². The molecule has 1 saturated heterocycles. The SMILES string of the molecule is NCC1CSCCN1c1ccncc1. The van der Waals surface area contributed by atoms with Gasteiger partial charge in [-0.1, -0.05) is 0 Å². The van der Waals surface area contributed by atoms with Crippen molar-refractivity contribution in [2.75, 3.05) is 29.5 Å². The predicted octanol–water partition coefficient (Wildman–Crippen LogP) is 0.962. The Kier molecular flexibility index (Phi) is 3.26. The van der Waals surface area contributed by atoms with Crippen LogP contribution in [0, 0.1) is 0 Å². The second-order valence-corrected chi connectivity index (χ2v) is 4.51. The number of rotatable bonds is 2. The van der Waals surface area contributed by atoms with Gasteiger partial charge in [0.05, 0.1) is 6.04 Å². The number of hydrogen-bond acceptors (Lipinski definition) is 4. The fourth-order valence-corrected chi connectivity index (χ4v) is 2.81. The van der Waals surface area contributed by atoms with Crippen LogP contribution in [0.3, 0.4) is 0 Å². The molecule has 76 valence electrons. The minimum atomic E-state index is 0.483. The highest BCUT2D eigenvalue weighted by Gasteiger charge is 2.21. The highest BCUT2D eigenvalue weighted by molar-refractivity contribution is 7.99. The van der Waals surface area contributed by atoms with Crippen molar-refractivity contribution in [1.82, 2.24) is 4.98 Å². The van der Waals surface area contributed by atoms with E-state index >= 15 is 0 Å². The molecule has 0 amide bonds. The highest BCUT2D eigenvalue weighted by Crippen LogP contribution is 2.22. The smallest absolute Gasteiger partial charge is 0.0503 e. The molecule has 1 aromatic heterocycles. The van der Waals surface area contributed by atoms with Crippen molar-refractivity contribution in [3.63, 3.8) is 0 Å². The molecule has 0 aliphatic carbocycles. The van der Waals surface area contributed by atoms with Gasteiger partial charge >= 0.3 is 0 Å². The Morgan fingerprint density at radius 1 is 1.50 bits per heavy atom. The van der Waals surface area contributed by atoms with Crippen molar-refractivity contribution < 1.29 is 0 Å². The molecule has 1 unspecified atom stereocenters. The van der Waals surface area contributed by atoms with Crippen LogP contribution in [0.5, 0.6) is 0 Å². The molecule has 2 heterocycles. The molecule has 3 nitrogen and oxygen atoms in total. The first-order chi connectivity index (χ1) is 6.92. The fraction of sp³-hybridized carbons (Fsp3) is 0.500. The largest absolute Gasteiger partial charge is 0.366 e. The van der Waals surface area contributed by atoms with Crippen LogP contribution in [-0.2, 0) is 0 Å². The number of hydrogen-bond donors (Lipinski definition) is 1. The van der Waals surface area contributed by atoms with Crippen molar-refractivity contribution >= 4 is 17.4 Å². The average molecular weight is 209 g/mol. The van der Waals surface area contributed by atoms with E-state index in [1.807, 2.05) is 24.2 Å². The van der Waals surface area contributed by atoms with Crippen molar-refractivity contribution in [2.24, 2.45) is 5.73 Å². The minimum Gasteiger partial charge on any atom is -0.366 e. The first-order valence-corrected chi connectivity index (χ1v) is 6.02. The van der Waals surface area contributed by atoms with Crippen LogP contribution in [-0.4, -0.2) is 35.6 Å². The zero-order valence-corrected chi connectivity index (χ0v) is 8.91. The quantitative estimate of drug-likeness (QED) is 0.788. The maximum atomic E-state index is 5.76. The van der Waals surface area contributed by atoms with E-state index in [-0.39, 0.29) is 0 Å². The summed E-state index contributed by atoms with van der Waals surface area (Å²) in [4.78, 5) is 6.42. The Hall–Kier alpha value is -0.740. The van der Waals surface area contributed by atoms with E-state index < -0.39 is 0 Å². The van der Waals surface area contributed by atoms with Crippen molar-refractivity contribution in [3.8, 4) is 0 Å². The van der Waals surface area contributed by atoms with Gasteiger partial charge in [0.25, 0.3) is 0 Å². The molecular weight excluding hydrogens is 194 g/mol. The highest BCUT2D eigenvalue weighted by atomic mass is 32.2. The number of pyridine rings is 1. The molecule has 1 atom stereocenters. The predicted molar refractivity (Wildman–Crippen MR) is 61.8 cm³/mol. The zero-order valence-electron chi connectivity index (χ0n) is 8.10. The van der Waals surface area contributed by atoms with Gasteiger partial charge in [-0.25, -0.2) is 0 Å². The first-order valence-electron chi connectivity index (χ1n) is 4.86. The van der Waals surface area contributed by atoms with Gasteiger partial charge in [0.15, 0.2) is 0 Å². The summed E-state index contributed by atoms with van der Waals surface area (Å²) < 4.78 is 0. The molecule has 0 aromatic carbocycles. The van der Waals surface area contributed by atoms with E-state index in [1.54, 1.807) is 0 Å². The van der Waals surface area contributed by atoms with Gasteiger partial charge in [-0.3, -0.25) is 4.98 Å². The lowest BCUT2D eigenvalue weighted by atomic mass is 10.2. The van der Waals surface area contributed by atoms with Gasteiger partial charge in [-0.15, -0.1) is 0 Å². The summed E-state index contributed by atoms with van der Waals surface area (Å²) in [7, 11) is 0. The maximum Gasteiger partial charge on any atom is 0.0503 e. The molecule has 14 heavy (non-hydrogen) atoms. The molecule has 0 radical (unpaired) electrons. The standard InChI is InChI=1S/C10H15N3S/c11-7-10-8-14-6-5-13(10)9-1-3-12-4-2-9/h1-4,10H,5-8,11H2. The summed E-state index contributed by atoms with van der Waals surface area (Å²) in [6.45, 7) is 1.83. The van der Waals surface area contributed by atoms with Gasteiger partial charge in [0, 0.05) is 42.7 Å². The first kappa shape index (κ1) is 9.80. The molecule has 4 heteroatoms. The van der Waals surface area contributed by atoms with E-state index in [2.05, 4.69) is 22.0 Å². The molecule has 0 saturated carbocycles. The number of nitrogens with zero attached hydrogens (tertiary/aromatic N) is 2. The maximum absolute atomic E-state index is 5.76. The minimum absolute atomic E-state index is 0.483. The Labute approximate surface area is 88.7 Å². The molecule has 1 aliphatic rings. The molecule has 1 fully saturated rings. The number of anilines is 1. The van der Waals surface area contributed by atoms with Crippen molar-refractivity contribution in [1.29, 1.82) is 0 Å². The van der Waals surface area contributed by atoms with Crippen LogP contribution in [0.4, 0.5) is 5.69 Å². The second-order valence-electron chi connectivity index (χ2n) is 3.36. The number of aromatic nitrogens is 1. The summed E-state index contributed by atoms with van der Waals surface area (Å²) in [6.07, 6.45) is 3.68. The van der Waals surface area contributed by atoms with E-state index in [0.717, 1.165) is 18.8 Å². The molecule has 1 aromatic rings. The molecule has 0 bridgehead atoms. The normalized spacial score (nSPS) is 22.4. The third kappa shape index (κ3) is 2.01. The molecular formula is C10H15N3S. The van der Waals surface area contributed by atoms with Crippen LogP contribution in [0.25, 0.3) is 0 Å². The van der Waals surface area contributed by atoms with Crippen LogP contribution in [0.1, 0.15) is 0 Å². The van der Waals surface area contributed by atoms with Gasteiger partial charge in [-0.2, -0.15) is 11.8 Å². The summed E-state index contributed by atoms with van der Waals surface area (Å²) in [5, 5.41) is 0. The topological polar surface area (TPSA) is 42.1 Å².